The van der Waals surface area contributed by atoms with Gasteiger partial charge in [-0.15, -0.1) is 0 Å². The Kier molecular flexibility index (Phi) is 17.2. The first-order valence-corrected chi connectivity index (χ1v) is 42.0. The van der Waals surface area contributed by atoms with Crippen molar-refractivity contribution >= 4 is 85.2 Å². The molecule has 0 unspecified atom stereocenters. The summed E-state index contributed by atoms with van der Waals surface area (Å²) < 4.78 is 53.3. The third kappa shape index (κ3) is 9.20. The van der Waals surface area contributed by atoms with Gasteiger partial charge in [-0.05, 0) is 31.8 Å². The Labute approximate surface area is 356 Å². The molecule has 0 aromatic heterocycles. The van der Waals surface area contributed by atoms with Crippen molar-refractivity contribution in [2.24, 2.45) is 0 Å². The van der Waals surface area contributed by atoms with Gasteiger partial charge in [0.2, 0.25) is 0 Å². The van der Waals surface area contributed by atoms with Crippen molar-refractivity contribution in [2.75, 3.05) is 0 Å². The second-order valence-electron chi connectivity index (χ2n) is 12.3. The van der Waals surface area contributed by atoms with Crippen LogP contribution >= 0.6 is 21.4 Å². The smallest absolute Gasteiger partial charge is 0.0277 e. The molecule has 0 fully saturated rings. The third-order valence-electron chi connectivity index (χ3n) is 9.22. The maximum Gasteiger partial charge on any atom is 0.0277 e. The molecule has 6 aromatic rings. The van der Waals surface area contributed by atoms with Gasteiger partial charge in [-0.25, -0.2) is 0 Å². The molecule has 3 nitrogen and oxygen atoms in total. The van der Waals surface area contributed by atoms with Gasteiger partial charge in [-0.2, -0.15) is 0 Å². The molecule has 1 aliphatic rings. The largest absolute Gasteiger partial charge is 1.00 e. The van der Waals surface area contributed by atoms with Crippen LogP contribution in [0.15, 0.2) is 191 Å². The Morgan fingerprint density at radius 1 is 0.426 bits per heavy atom. The van der Waals surface area contributed by atoms with Crippen molar-refractivity contribution in [3.63, 3.8) is 0 Å². The summed E-state index contributed by atoms with van der Waals surface area (Å²) in [5, 5.41) is 2.96. The maximum atomic E-state index is 16.5. The Balaban J connectivity index is 0.000000520. The fourth-order valence-corrected chi connectivity index (χ4v) is 59.1. The average molecular weight is 1100 g/mol. The van der Waals surface area contributed by atoms with Crippen molar-refractivity contribution in [3.8, 4) is 0 Å². The van der Waals surface area contributed by atoms with Crippen LogP contribution < -0.4 is 56.6 Å². The summed E-state index contributed by atoms with van der Waals surface area (Å²) in [4.78, 5) is 0. The van der Waals surface area contributed by atoms with E-state index in [-0.39, 0.29) is 47.0 Å². The van der Waals surface area contributed by atoms with Gasteiger partial charge in [0, 0.05) is 21.4 Å². The molecule has 11 heteroatoms. The third-order valence-corrected chi connectivity index (χ3v) is 59.2. The molecule has 1 aliphatic heterocycles. The van der Waals surface area contributed by atoms with E-state index >= 15 is 13.7 Å². The SMILES string of the molecule is C[C]1=[Sb][Sb]([Zr+3])[C](C)=C1C.O=P(c1ccccc1)(c1ccccc1)[C-](P(=O)(c1ccccc1)c1ccccc1)P(=O)(c1ccccc1)c1ccccc1.[Cl-].[Cl-]. The van der Waals surface area contributed by atoms with Crippen LogP contribution in [0.1, 0.15) is 20.8 Å². The van der Waals surface area contributed by atoms with Crippen LogP contribution in [0.2, 0.25) is 0 Å². The minimum atomic E-state index is -4.05. The van der Waals surface area contributed by atoms with E-state index in [1.807, 2.05) is 137 Å². The van der Waals surface area contributed by atoms with Gasteiger partial charge in [0.1, 0.15) is 0 Å². The van der Waals surface area contributed by atoms with Crippen LogP contribution in [0, 0.1) is 5.14 Å². The molecule has 1 heterocycles. The number of rotatable bonds is 9. The number of benzene rings is 6. The van der Waals surface area contributed by atoms with Gasteiger partial charge in [0.15, 0.2) is 0 Å². The molecular formula is C43H39Cl2O3P3Sb2Zr. The first-order chi connectivity index (χ1) is 25.1. The molecule has 7 rings (SSSR count). The first-order valence-electron chi connectivity index (χ1n) is 16.9. The number of halogens is 2. The second-order valence-corrected chi connectivity index (χ2v) is 65.0. The standard InChI is InChI=1S/C37H30O3P3.C6H9.2ClH.2Sb.Zr/c38-41(31-19-7-1-8-20-31,32-21-9-2-10-22-32)37(42(39,33-23-11-3-12-24-33)34-25-13-4-14-26-34)43(40,35-27-15-5-16-28-35)36-29-17-6-18-30-36;1-4-6(3)5-2;;;;;/h1-30H;1-3H3;2*1H;;;/q-1;;;;;;+3/p-2. The summed E-state index contributed by atoms with van der Waals surface area (Å²) in [7, 11) is -12.1. The minimum Gasteiger partial charge on any atom is -1.00 e. The summed E-state index contributed by atoms with van der Waals surface area (Å²) in [6, 6.07) is 54.7. The molecule has 0 aliphatic carbocycles. The van der Waals surface area contributed by atoms with Crippen LogP contribution in [0.4, 0.5) is 0 Å². The number of hydrogen-bond donors (Lipinski definition) is 0. The summed E-state index contributed by atoms with van der Waals surface area (Å²) >= 11 is 1.63. The first kappa shape index (κ1) is 45.4. The monoisotopic (exact) mass is 1100 g/mol. The van der Waals surface area contributed by atoms with Crippen molar-refractivity contribution in [2.45, 2.75) is 20.8 Å². The molecule has 0 saturated heterocycles. The molecule has 6 aromatic carbocycles. The maximum absolute atomic E-state index is 16.5. The van der Waals surface area contributed by atoms with Crippen LogP contribution in [-0.2, 0) is 34.1 Å². The van der Waals surface area contributed by atoms with Gasteiger partial charge < -0.3 is 38.5 Å². The number of allylic oxidation sites excluding steroid dienone is 2. The van der Waals surface area contributed by atoms with Gasteiger partial charge in [0.25, 0.3) is 0 Å². The molecule has 54 heavy (non-hydrogen) atoms. The Bertz CT molecular complexity index is 1970. The fraction of sp³-hybridized carbons (Fsp3) is 0.0698. The summed E-state index contributed by atoms with van der Waals surface area (Å²) in [6.07, 6.45) is 0. The molecule has 272 valence electrons. The second kappa shape index (κ2) is 20.4. The zero-order valence-corrected chi connectivity index (χ0v) is 41.8. The van der Waals surface area contributed by atoms with Gasteiger partial charge >= 0.3 is 82.2 Å². The average Bonchev–Trinajstić information content (AvgIpc) is 3.44. The predicted octanol–water partition coefficient (Wildman–Crippen LogP) is 2.29. The molecule has 0 spiro atoms. The van der Waals surface area contributed by atoms with Crippen molar-refractivity contribution in [1.82, 2.24) is 0 Å². The van der Waals surface area contributed by atoms with Crippen LogP contribution in [0.25, 0.3) is 0 Å². The molecular weight excluding hydrogens is 1060 g/mol. The van der Waals surface area contributed by atoms with Crippen LogP contribution in [0.5, 0.6) is 0 Å². The van der Waals surface area contributed by atoms with Gasteiger partial charge in [-0.3, -0.25) is 0 Å². The van der Waals surface area contributed by atoms with E-state index in [0.717, 1.165) is 0 Å². The predicted molar refractivity (Wildman–Crippen MR) is 223 cm³/mol. The zero-order valence-electron chi connectivity index (χ0n) is 30.0. The molecule has 0 radical (unpaired) electrons. The molecule has 0 saturated carbocycles. The molecule has 0 amide bonds. The van der Waals surface area contributed by atoms with Crippen LogP contribution in [-0.4, -0.2) is 31.9 Å². The normalized spacial score (nSPS) is 13.3. The number of hydrogen-bond acceptors (Lipinski definition) is 3. The Hall–Kier alpha value is -1.28. The van der Waals surface area contributed by atoms with E-state index < -0.39 is 32.9 Å². The quantitative estimate of drug-likeness (QED) is 0.127. The van der Waals surface area contributed by atoms with E-state index in [1.165, 1.54) is 0 Å². The van der Waals surface area contributed by atoms with Crippen molar-refractivity contribution in [1.29, 1.82) is 0 Å². The van der Waals surface area contributed by atoms with Crippen LogP contribution in [0.3, 0.4) is 0 Å². The summed E-state index contributed by atoms with van der Waals surface area (Å²) in [5.41, 5.74) is 1.71. The van der Waals surface area contributed by atoms with Gasteiger partial charge in [0.05, 0.1) is 0 Å². The van der Waals surface area contributed by atoms with E-state index in [4.69, 9.17) is 0 Å². The molecule has 0 N–H and O–H groups in total. The fourth-order valence-electron chi connectivity index (χ4n) is 6.28. The zero-order chi connectivity index (χ0) is 36.8. The van der Waals surface area contributed by atoms with E-state index in [9.17, 15) is 0 Å². The molecule has 0 atom stereocenters. The Morgan fingerprint density at radius 2 is 0.630 bits per heavy atom. The van der Waals surface area contributed by atoms with Crippen molar-refractivity contribution in [3.05, 3.63) is 196 Å². The van der Waals surface area contributed by atoms with Crippen molar-refractivity contribution < 1.29 is 58.9 Å². The molecule has 0 bridgehead atoms. The van der Waals surface area contributed by atoms with E-state index in [1.54, 1.807) is 78.4 Å². The van der Waals surface area contributed by atoms with E-state index in [2.05, 4.69) is 20.8 Å². The van der Waals surface area contributed by atoms with Gasteiger partial charge in [-0.1, -0.05) is 187 Å². The Morgan fingerprint density at radius 3 is 0.759 bits per heavy atom. The van der Waals surface area contributed by atoms with E-state index in [0.29, 0.717) is 31.8 Å². The topological polar surface area (TPSA) is 51.2 Å². The summed E-state index contributed by atoms with van der Waals surface area (Å²) in [6.45, 7) is 7.08. The summed E-state index contributed by atoms with van der Waals surface area (Å²) in [5.74, 6) is 0. The minimum absolute atomic E-state index is 0.